The maximum atomic E-state index is 12.4. The number of ether oxygens (including phenoxy) is 2. The van der Waals surface area contributed by atoms with Crippen molar-refractivity contribution in [3.05, 3.63) is 58.2 Å². The van der Waals surface area contributed by atoms with E-state index in [1.807, 2.05) is 6.07 Å². The van der Waals surface area contributed by atoms with Crippen LogP contribution in [-0.4, -0.2) is 29.6 Å². The molecule has 1 aliphatic rings. The molecule has 2 heterocycles. The summed E-state index contributed by atoms with van der Waals surface area (Å²) in [6, 6.07) is 5.37. The second-order valence-electron chi connectivity index (χ2n) is 5.73. The Hall–Kier alpha value is -3.09. The van der Waals surface area contributed by atoms with Crippen LogP contribution in [0.1, 0.15) is 29.3 Å². The van der Waals surface area contributed by atoms with Gasteiger partial charge < -0.3 is 19.8 Å². The van der Waals surface area contributed by atoms with Gasteiger partial charge in [-0.25, -0.2) is 4.98 Å². The van der Waals surface area contributed by atoms with Gasteiger partial charge in [0.1, 0.15) is 18.2 Å². The van der Waals surface area contributed by atoms with E-state index in [-0.39, 0.29) is 17.9 Å². The molecule has 0 aliphatic carbocycles. The highest BCUT2D eigenvalue weighted by molar-refractivity contribution is 5.94. The van der Waals surface area contributed by atoms with E-state index in [1.54, 1.807) is 32.2 Å². The first-order chi connectivity index (χ1) is 12.0. The molecule has 1 amide bonds. The van der Waals surface area contributed by atoms with Gasteiger partial charge in [0.15, 0.2) is 11.5 Å². The van der Waals surface area contributed by atoms with E-state index >= 15 is 0 Å². The normalized spacial score (nSPS) is 15.9. The summed E-state index contributed by atoms with van der Waals surface area (Å²) in [5.41, 5.74) is 0.987. The number of carbonyl (C=O) groups is 1. The minimum absolute atomic E-state index is 0.164. The summed E-state index contributed by atoms with van der Waals surface area (Å²) in [5, 5.41) is 2.67. The summed E-state index contributed by atoms with van der Waals surface area (Å²) in [5.74, 6) is 1.29. The van der Waals surface area contributed by atoms with Crippen LogP contribution in [0, 0.1) is 6.92 Å². The van der Waals surface area contributed by atoms with E-state index in [0.717, 1.165) is 5.56 Å². The van der Waals surface area contributed by atoms with Crippen LogP contribution in [0.4, 0.5) is 5.82 Å². The van der Waals surface area contributed by atoms with E-state index < -0.39 is 5.92 Å². The molecular formula is C18H19N3O4. The standard InChI is InChI=1S/C18H19N3O4/c1-4-7-25-13-6-5-11(8-14(13)24-3)12-9-15(22)21-17-16(12)18(23)20-10(2)19-17/h4-6,8,12H,1,7,9H2,2-3H3,(H2,19,20,21,22,23). The molecule has 1 aromatic carbocycles. The molecule has 1 atom stereocenters. The molecule has 0 bridgehead atoms. The topological polar surface area (TPSA) is 93.3 Å². The minimum atomic E-state index is -0.400. The number of hydrogen-bond acceptors (Lipinski definition) is 5. The molecule has 0 saturated carbocycles. The predicted octanol–water partition coefficient (Wildman–Crippen LogP) is 2.13. The lowest BCUT2D eigenvalue weighted by molar-refractivity contribution is -0.116. The Balaban J connectivity index is 2.07. The fourth-order valence-electron chi connectivity index (χ4n) is 2.94. The van der Waals surface area contributed by atoms with Gasteiger partial charge in [-0.05, 0) is 24.6 Å². The number of rotatable bonds is 5. The first-order valence-electron chi connectivity index (χ1n) is 7.85. The van der Waals surface area contributed by atoms with E-state index in [4.69, 9.17) is 9.47 Å². The molecule has 1 aromatic heterocycles. The highest BCUT2D eigenvalue weighted by atomic mass is 16.5. The Morgan fingerprint density at radius 1 is 1.36 bits per heavy atom. The molecule has 0 fully saturated rings. The molecule has 2 N–H and O–H groups in total. The molecule has 0 radical (unpaired) electrons. The molecular weight excluding hydrogens is 322 g/mol. The number of aromatic nitrogens is 2. The molecule has 0 spiro atoms. The zero-order valence-electron chi connectivity index (χ0n) is 14.1. The molecule has 2 aromatic rings. The number of anilines is 1. The molecule has 130 valence electrons. The Labute approximate surface area is 144 Å². The number of fused-ring (bicyclic) bond motifs is 1. The first kappa shape index (κ1) is 16.8. The van der Waals surface area contributed by atoms with Gasteiger partial charge in [-0.2, -0.15) is 0 Å². The van der Waals surface area contributed by atoms with Gasteiger partial charge in [-0.3, -0.25) is 9.59 Å². The summed E-state index contributed by atoms with van der Waals surface area (Å²) < 4.78 is 10.9. The number of aryl methyl sites for hydroxylation is 1. The third kappa shape index (κ3) is 3.26. The smallest absolute Gasteiger partial charge is 0.256 e. The second-order valence-corrected chi connectivity index (χ2v) is 5.73. The van der Waals surface area contributed by atoms with Crippen molar-refractivity contribution < 1.29 is 14.3 Å². The van der Waals surface area contributed by atoms with E-state index in [9.17, 15) is 9.59 Å². The highest BCUT2D eigenvalue weighted by Crippen LogP contribution is 2.37. The minimum Gasteiger partial charge on any atom is -0.493 e. The lowest BCUT2D eigenvalue weighted by Gasteiger charge is -2.25. The zero-order chi connectivity index (χ0) is 18.0. The van der Waals surface area contributed by atoms with Crippen LogP contribution in [0.25, 0.3) is 0 Å². The zero-order valence-corrected chi connectivity index (χ0v) is 14.1. The highest BCUT2D eigenvalue weighted by Gasteiger charge is 2.31. The number of nitrogens with one attached hydrogen (secondary N) is 2. The van der Waals surface area contributed by atoms with Crippen LogP contribution in [0.3, 0.4) is 0 Å². The van der Waals surface area contributed by atoms with Gasteiger partial charge in [0.05, 0.1) is 12.7 Å². The summed E-state index contributed by atoms with van der Waals surface area (Å²) in [6.45, 7) is 5.64. The number of aromatic amines is 1. The number of amides is 1. The van der Waals surface area contributed by atoms with Gasteiger partial charge in [0, 0.05) is 12.3 Å². The first-order valence-corrected chi connectivity index (χ1v) is 7.85. The monoisotopic (exact) mass is 341 g/mol. The fraction of sp³-hybridized carbons (Fsp3) is 0.278. The van der Waals surface area contributed by atoms with Crippen LogP contribution in [0.2, 0.25) is 0 Å². The van der Waals surface area contributed by atoms with Gasteiger partial charge in [0.2, 0.25) is 5.91 Å². The summed E-state index contributed by atoms with van der Waals surface area (Å²) >= 11 is 0. The molecule has 25 heavy (non-hydrogen) atoms. The molecule has 1 unspecified atom stereocenters. The van der Waals surface area contributed by atoms with Crippen molar-refractivity contribution >= 4 is 11.7 Å². The number of benzene rings is 1. The van der Waals surface area contributed by atoms with Crippen molar-refractivity contribution in [2.75, 3.05) is 19.0 Å². The van der Waals surface area contributed by atoms with Crippen LogP contribution < -0.4 is 20.3 Å². The van der Waals surface area contributed by atoms with Crippen molar-refractivity contribution in [3.8, 4) is 11.5 Å². The van der Waals surface area contributed by atoms with Crippen molar-refractivity contribution in [3.63, 3.8) is 0 Å². The lowest BCUT2D eigenvalue weighted by Crippen LogP contribution is -2.31. The summed E-state index contributed by atoms with van der Waals surface area (Å²) in [7, 11) is 1.54. The fourth-order valence-corrected chi connectivity index (χ4v) is 2.94. The van der Waals surface area contributed by atoms with Crippen LogP contribution in [-0.2, 0) is 4.79 Å². The number of methoxy groups -OCH3 is 1. The Morgan fingerprint density at radius 3 is 2.88 bits per heavy atom. The predicted molar refractivity (Wildman–Crippen MR) is 93.4 cm³/mol. The Bertz CT molecular complexity index is 888. The SMILES string of the molecule is C=CCOc1ccc(C2CC(=O)Nc3nc(C)[nH]c(=O)c32)cc1OC. The van der Waals surface area contributed by atoms with Gasteiger partial charge in [0.25, 0.3) is 5.56 Å². The van der Waals surface area contributed by atoms with Crippen LogP contribution in [0.5, 0.6) is 11.5 Å². The van der Waals surface area contributed by atoms with Gasteiger partial charge in [-0.15, -0.1) is 0 Å². The average molecular weight is 341 g/mol. The molecule has 7 nitrogen and oxygen atoms in total. The van der Waals surface area contributed by atoms with Crippen molar-refractivity contribution in [1.82, 2.24) is 9.97 Å². The van der Waals surface area contributed by atoms with Crippen LogP contribution in [0.15, 0.2) is 35.6 Å². The molecule has 1 aliphatic heterocycles. The number of H-pyrrole nitrogens is 1. The lowest BCUT2D eigenvalue weighted by atomic mass is 9.86. The van der Waals surface area contributed by atoms with Crippen molar-refractivity contribution in [2.24, 2.45) is 0 Å². The maximum absolute atomic E-state index is 12.4. The second kappa shape index (κ2) is 6.80. The number of hydrogen-bond donors (Lipinski definition) is 2. The molecule has 7 heteroatoms. The van der Waals surface area contributed by atoms with Gasteiger partial charge in [-0.1, -0.05) is 18.7 Å². The summed E-state index contributed by atoms with van der Waals surface area (Å²) in [4.78, 5) is 31.4. The quantitative estimate of drug-likeness (QED) is 0.813. The van der Waals surface area contributed by atoms with Crippen LogP contribution >= 0.6 is 0 Å². The Morgan fingerprint density at radius 2 is 2.16 bits per heavy atom. The average Bonchev–Trinajstić information content (AvgIpc) is 2.58. The van der Waals surface area contributed by atoms with Crippen molar-refractivity contribution in [2.45, 2.75) is 19.3 Å². The van der Waals surface area contributed by atoms with Crippen molar-refractivity contribution in [1.29, 1.82) is 0 Å². The van der Waals surface area contributed by atoms with E-state index in [1.165, 1.54) is 0 Å². The third-order valence-corrected chi connectivity index (χ3v) is 4.02. The van der Waals surface area contributed by atoms with E-state index in [2.05, 4.69) is 21.9 Å². The Kier molecular flexibility index (Phi) is 4.56. The van der Waals surface area contributed by atoms with E-state index in [0.29, 0.717) is 35.3 Å². The molecule has 0 saturated heterocycles. The number of nitrogens with zero attached hydrogens (tertiary/aromatic N) is 1. The summed E-state index contributed by atoms with van der Waals surface area (Å²) in [6.07, 6.45) is 1.81. The molecule has 3 rings (SSSR count). The third-order valence-electron chi connectivity index (χ3n) is 4.02. The largest absolute Gasteiger partial charge is 0.493 e. The van der Waals surface area contributed by atoms with Gasteiger partial charge >= 0.3 is 0 Å². The number of carbonyl (C=O) groups excluding carboxylic acids is 1. The maximum Gasteiger partial charge on any atom is 0.256 e.